The first kappa shape index (κ1) is 47.7. The van der Waals surface area contributed by atoms with Crippen molar-refractivity contribution < 1.29 is 58.6 Å². The van der Waals surface area contributed by atoms with E-state index in [0.29, 0.717) is 37.0 Å². The molecule has 68 heavy (non-hydrogen) atoms. The molecule has 12 heteroatoms. The molecule has 9 rings (SSSR count). The number of hydrogen-bond acceptors (Lipinski definition) is 12. The molecular weight excluding hydrogens is 865 g/mol. The van der Waals surface area contributed by atoms with Gasteiger partial charge in [-0.2, -0.15) is 4.89 Å². The molecule has 0 unspecified atom stereocenters. The Balaban J connectivity index is 1.41. The van der Waals surface area contributed by atoms with Crippen LogP contribution in [0.15, 0.2) is 24.3 Å². The Kier molecular flexibility index (Phi) is 15.1. The fourth-order valence-electron chi connectivity index (χ4n) is 11.6. The highest BCUT2D eigenvalue weighted by atomic mass is 17.2. The summed E-state index contributed by atoms with van der Waals surface area (Å²) < 4.78 is 38.6. The number of phenolic OH excluding ortho intramolecular Hbond substituents is 4. The van der Waals surface area contributed by atoms with Crippen molar-refractivity contribution in [2.45, 2.75) is 186 Å². The summed E-state index contributed by atoms with van der Waals surface area (Å²) in [5, 5.41) is 50.4. The Morgan fingerprint density at radius 2 is 0.632 bits per heavy atom. The van der Waals surface area contributed by atoms with Crippen LogP contribution >= 0.6 is 0 Å². The van der Waals surface area contributed by atoms with Gasteiger partial charge < -0.3 is 53.7 Å². The maximum Gasteiger partial charge on any atom is 0.231 e. The largest absolute Gasteiger partial charge is 0.504 e. The Hall–Kier alpha value is -5.36. The fourth-order valence-corrected chi connectivity index (χ4v) is 11.6. The van der Waals surface area contributed by atoms with Crippen LogP contribution in [0.3, 0.4) is 0 Å². The highest BCUT2D eigenvalue weighted by Gasteiger charge is 2.41. The summed E-state index contributed by atoms with van der Waals surface area (Å²) in [6.07, 6.45) is 18.7. The smallest absolute Gasteiger partial charge is 0.231 e. The molecule has 368 valence electrons. The second kappa shape index (κ2) is 21.5. The van der Waals surface area contributed by atoms with Gasteiger partial charge in [0.1, 0.15) is 6.61 Å². The Labute approximate surface area is 401 Å². The van der Waals surface area contributed by atoms with Crippen LogP contribution in [0.25, 0.3) is 0 Å². The van der Waals surface area contributed by atoms with Crippen LogP contribution in [0.2, 0.25) is 0 Å². The van der Waals surface area contributed by atoms with Gasteiger partial charge in [-0.3, -0.25) is 0 Å². The van der Waals surface area contributed by atoms with Gasteiger partial charge in [-0.25, -0.2) is 0 Å². The van der Waals surface area contributed by atoms with Crippen molar-refractivity contribution in [2.24, 2.45) is 0 Å². The van der Waals surface area contributed by atoms with E-state index in [1.165, 1.54) is 0 Å². The normalized spacial score (nSPS) is 19.4. The number of hydrogen-bond donors (Lipinski definition) is 4. The summed E-state index contributed by atoms with van der Waals surface area (Å²) in [5.41, 5.74) is 6.75. The Morgan fingerprint density at radius 3 is 0.971 bits per heavy atom. The van der Waals surface area contributed by atoms with Gasteiger partial charge in [0.15, 0.2) is 40.2 Å². The Morgan fingerprint density at radius 1 is 0.353 bits per heavy atom. The molecule has 0 amide bonds. The topological polar surface area (TPSA) is 155 Å². The molecule has 0 saturated carbocycles. The molecule has 0 saturated heterocycles. The quantitative estimate of drug-likeness (QED) is 0.0492. The number of phenols is 4. The maximum atomic E-state index is 12.6. The van der Waals surface area contributed by atoms with Gasteiger partial charge in [0.05, 0.1) is 0 Å². The highest BCUT2D eigenvalue weighted by molar-refractivity contribution is 5.72. The lowest BCUT2D eigenvalue weighted by Gasteiger charge is -2.36. The van der Waals surface area contributed by atoms with Gasteiger partial charge in [0.25, 0.3) is 0 Å². The zero-order valence-corrected chi connectivity index (χ0v) is 40.6. The molecule has 1 aliphatic carbocycles. The monoisotopic (exact) mass is 937 g/mol. The minimum absolute atomic E-state index is 0.0379. The average molecular weight is 937 g/mol. The van der Waals surface area contributed by atoms with E-state index in [1.54, 1.807) is 0 Å². The third-order valence-electron chi connectivity index (χ3n) is 15.2. The molecule has 0 spiro atoms. The van der Waals surface area contributed by atoms with E-state index < -0.39 is 11.8 Å². The van der Waals surface area contributed by atoms with Gasteiger partial charge in [0.2, 0.25) is 43.4 Å². The lowest BCUT2D eigenvalue weighted by Crippen LogP contribution is -2.22. The molecule has 4 atom stereocenters. The second-order valence-electron chi connectivity index (χ2n) is 19.6. The zero-order chi connectivity index (χ0) is 47.3. The SMILES string of the molecule is CCCCCC[C@@H]1c2cc3c4c(O)c2OCOc2c1cc1c(c2O)OOCc2c(cc5c(c2O)OCOc2c(cc(c(c2O)OCO4)[C@H]3CCCCCC)[C@@H]5CCCCCC)[C@@H]1CCCCCC. The van der Waals surface area contributed by atoms with E-state index in [9.17, 15) is 20.4 Å². The van der Waals surface area contributed by atoms with E-state index in [4.69, 9.17) is 38.2 Å². The highest BCUT2D eigenvalue weighted by Crippen LogP contribution is 2.61. The molecule has 12 nitrogen and oxygen atoms in total. The molecule has 0 fully saturated rings. The third kappa shape index (κ3) is 9.02. The molecule has 5 aliphatic rings. The van der Waals surface area contributed by atoms with Gasteiger partial charge >= 0.3 is 0 Å². The molecule has 4 aromatic rings. The molecule has 0 aromatic heterocycles. The summed E-state index contributed by atoms with van der Waals surface area (Å²) in [4.78, 5) is 12.1. The van der Waals surface area contributed by atoms with Crippen LogP contribution in [-0.4, -0.2) is 40.8 Å². The summed E-state index contributed by atoms with van der Waals surface area (Å²) in [7, 11) is 0. The first-order chi connectivity index (χ1) is 33.3. The molecule has 4 heterocycles. The lowest BCUT2D eigenvalue weighted by molar-refractivity contribution is -0.220. The van der Waals surface area contributed by atoms with Gasteiger partial charge in [-0.05, 0) is 49.4 Å². The van der Waals surface area contributed by atoms with Crippen molar-refractivity contribution in [1.29, 1.82) is 0 Å². The summed E-state index contributed by atoms with van der Waals surface area (Å²) in [6, 6.07) is 8.61. The number of aromatic hydroxyl groups is 4. The molecule has 4 aromatic carbocycles. The number of ether oxygens (including phenoxy) is 6. The van der Waals surface area contributed by atoms with E-state index in [-0.39, 0.29) is 96.3 Å². The maximum absolute atomic E-state index is 12.6. The predicted molar refractivity (Wildman–Crippen MR) is 259 cm³/mol. The molecular formula is C56H72O12. The van der Waals surface area contributed by atoms with Crippen LogP contribution in [0, 0.1) is 0 Å². The number of rotatable bonds is 20. The second-order valence-corrected chi connectivity index (χ2v) is 19.6. The van der Waals surface area contributed by atoms with E-state index >= 15 is 0 Å². The molecule has 4 aliphatic heterocycles. The molecule has 0 radical (unpaired) electrons. The fraction of sp³-hybridized carbons (Fsp3) is 0.571. The van der Waals surface area contributed by atoms with E-state index in [2.05, 4.69) is 52.0 Å². The van der Waals surface area contributed by atoms with Crippen LogP contribution in [0.1, 0.15) is 230 Å². The molecule has 4 N–H and O–H groups in total. The summed E-state index contributed by atoms with van der Waals surface area (Å²) >= 11 is 0. The van der Waals surface area contributed by atoms with Crippen molar-refractivity contribution >= 4 is 0 Å². The Bertz CT molecular complexity index is 1970. The minimum Gasteiger partial charge on any atom is -0.504 e. The average Bonchev–Trinajstić information content (AvgIpc) is 3.31. The van der Waals surface area contributed by atoms with E-state index in [1.807, 2.05) is 0 Å². The van der Waals surface area contributed by atoms with Crippen molar-refractivity contribution in [3.05, 3.63) is 74.3 Å². The van der Waals surface area contributed by atoms with Crippen molar-refractivity contribution in [3.8, 4) is 63.2 Å². The number of benzene rings is 4. The minimum atomic E-state index is -0.413. The van der Waals surface area contributed by atoms with Gasteiger partial charge in [-0.1, -0.05) is 136 Å². The van der Waals surface area contributed by atoms with Crippen LogP contribution < -0.4 is 33.3 Å². The zero-order valence-electron chi connectivity index (χ0n) is 40.6. The van der Waals surface area contributed by atoms with Crippen molar-refractivity contribution in [2.75, 3.05) is 20.4 Å². The van der Waals surface area contributed by atoms with Gasteiger partial charge in [-0.15, -0.1) is 0 Å². The number of unbranched alkanes of at least 4 members (excludes halogenated alkanes) is 12. The third-order valence-corrected chi connectivity index (χ3v) is 15.2. The van der Waals surface area contributed by atoms with Gasteiger partial charge in [0, 0.05) is 68.2 Å². The molecule has 8 bridgehead atoms. The van der Waals surface area contributed by atoms with Crippen LogP contribution in [0.5, 0.6) is 63.2 Å². The summed E-state index contributed by atoms with van der Waals surface area (Å²) in [5.74, 6) is -0.259. The van der Waals surface area contributed by atoms with Crippen molar-refractivity contribution in [1.82, 2.24) is 0 Å². The standard InChI is InChI=1S/C56H72O12/c1-5-9-13-17-21-33-37-25-38-34(22-18-14-10-6-2)39-26-40-35(23-19-15-11-7-3)41-27-42-36(24-20-16-12-8-4)43-28-44(33)56-49(60)55(43)66-32-65-54(42)48(59)53(41)64-31-63-52(40)47(58)51(39)62-30-61-50(38)46(57)45(37)29-67-68-56/h25-28,33-36,57-60H,5-24,29-32H2,1-4H3/t33-,34+,35+,36+/m0/s1. The first-order valence-corrected chi connectivity index (χ1v) is 25.9. The van der Waals surface area contributed by atoms with E-state index in [0.717, 1.165) is 147 Å². The van der Waals surface area contributed by atoms with Crippen LogP contribution in [0.4, 0.5) is 0 Å². The lowest BCUT2D eigenvalue weighted by atomic mass is 9.75. The first-order valence-electron chi connectivity index (χ1n) is 25.9. The predicted octanol–water partition coefficient (Wildman–Crippen LogP) is 14.2. The van der Waals surface area contributed by atoms with Crippen LogP contribution in [-0.2, 0) is 11.5 Å². The van der Waals surface area contributed by atoms with Crippen molar-refractivity contribution in [3.63, 3.8) is 0 Å². The summed E-state index contributed by atoms with van der Waals surface area (Å²) in [6.45, 7) is 7.76.